The average molecular weight is 458 g/mol. The van der Waals surface area contributed by atoms with E-state index in [9.17, 15) is 14.7 Å². The van der Waals surface area contributed by atoms with Gasteiger partial charge in [0.05, 0.1) is 42.0 Å². The summed E-state index contributed by atoms with van der Waals surface area (Å²) in [7, 11) is 1.44. The summed E-state index contributed by atoms with van der Waals surface area (Å²) in [5, 5.41) is 11.6. The number of ether oxygens (including phenoxy) is 2. The Bertz CT molecular complexity index is 1080. The van der Waals surface area contributed by atoms with E-state index in [1.165, 1.54) is 12.0 Å². The van der Waals surface area contributed by atoms with Crippen LogP contribution < -0.4 is 4.74 Å². The Hall–Kier alpha value is -2.83. The lowest BCUT2D eigenvalue weighted by molar-refractivity contribution is -0.140. The third kappa shape index (κ3) is 4.52. The molecule has 1 N–H and O–H groups in total. The van der Waals surface area contributed by atoms with Crippen molar-refractivity contribution in [2.75, 3.05) is 20.3 Å². The van der Waals surface area contributed by atoms with Crippen molar-refractivity contribution in [3.8, 4) is 5.75 Å². The Kier molecular flexibility index (Phi) is 7.26. The number of hydrogen-bond donors (Lipinski definition) is 1. The standard InChI is InChI=1S/C25H28ClNO5/c1-14(2)32-11-10-27-21(17-9-7-6-8-16(17)4)20(23(29)25(27)30)22(28)18-12-15(3)13-19(26)24(18)31-5/h6-9,12-14,21,28H,10-11H2,1-5H3/b22-20+. The Morgan fingerprint density at radius 2 is 1.88 bits per heavy atom. The highest BCUT2D eigenvalue weighted by molar-refractivity contribution is 6.46. The predicted octanol–water partition coefficient (Wildman–Crippen LogP) is 4.81. The number of benzene rings is 2. The molecule has 3 rings (SSSR count). The molecule has 1 unspecified atom stereocenters. The Balaban J connectivity index is 2.21. The molecule has 2 aromatic carbocycles. The maximum Gasteiger partial charge on any atom is 0.295 e. The number of aliphatic hydroxyl groups excluding tert-OH is 1. The van der Waals surface area contributed by atoms with Gasteiger partial charge in [-0.05, 0) is 56.5 Å². The fourth-order valence-corrected chi connectivity index (χ4v) is 4.32. The van der Waals surface area contributed by atoms with Crippen LogP contribution >= 0.6 is 11.6 Å². The summed E-state index contributed by atoms with van der Waals surface area (Å²) in [4.78, 5) is 27.7. The van der Waals surface area contributed by atoms with Crippen LogP contribution in [-0.2, 0) is 14.3 Å². The number of carbonyl (C=O) groups excluding carboxylic acids is 2. The number of carbonyl (C=O) groups is 2. The van der Waals surface area contributed by atoms with Gasteiger partial charge in [-0.15, -0.1) is 0 Å². The largest absolute Gasteiger partial charge is 0.507 e. The molecule has 1 fully saturated rings. The minimum Gasteiger partial charge on any atom is -0.507 e. The van der Waals surface area contributed by atoms with E-state index in [-0.39, 0.29) is 41.9 Å². The number of Topliss-reactive ketones (excluding diaryl/α,β-unsaturated/α-hetero) is 1. The quantitative estimate of drug-likeness (QED) is 0.366. The number of rotatable bonds is 7. The summed E-state index contributed by atoms with van der Waals surface area (Å²) in [6.07, 6.45) is -0.0116. The lowest BCUT2D eigenvalue weighted by Crippen LogP contribution is -2.33. The number of ketones is 1. The predicted molar refractivity (Wildman–Crippen MR) is 124 cm³/mol. The van der Waals surface area contributed by atoms with Crippen molar-refractivity contribution in [2.24, 2.45) is 0 Å². The van der Waals surface area contributed by atoms with Gasteiger partial charge >= 0.3 is 0 Å². The molecule has 32 heavy (non-hydrogen) atoms. The van der Waals surface area contributed by atoms with Gasteiger partial charge in [0.2, 0.25) is 0 Å². The molecule has 0 radical (unpaired) electrons. The number of amides is 1. The van der Waals surface area contributed by atoms with Crippen LogP contribution in [0.15, 0.2) is 42.0 Å². The van der Waals surface area contributed by atoms with E-state index in [2.05, 4.69) is 0 Å². The number of nitrogens with zero attached hydrogens (tertiary/aromatic N) is 1. The van der Waals surface area contributed by atoms with E-state index in [4.69, 9.17) is 21.1 Å². The zero-order chi connectivity index (χ0) is 23.6. The summed E-state index contributed by atoms with van der Waals surface area (Å²) in [5.74, 6) is -1.50. The molecule has 1 heterocycles. The summed E-state index contributed by atoms with van der Waals surface area (Å²) in [6, 6.07) is 10.1. The third-order valence-corrected chi connectivity index (χ3v) is 5.73. The molecule has 1 aliphatic rings. The Labute approximate surface area is 193 Å². The number of likely N-dealkylation sites (tertiary alicyclic amines) is 1. The fourth-order valence-electron chi connectivity index (χ4n) is 3.97. The second-order valence-corrected chi connectivity index (χ2v) is 8.50. The van der Waals surface area contributed by atoms with E-state index in [1.54, 1.807) is 12.1 Å². The summed E-state index contributed by atoms with van der Waals surface area (Å²) in [6.45, 7) is 8.02. The van der Waals surface area contributed by atoms with Crippen molar-refractivity contribution in [3.05, 3.63) is 69.2 Å². The van der Waals surface area contributed by atoms with Gasteiger partial charge in [-0.1, -0.05) is 35.9 Å². The summed E-state index contributed by atoms with van der Waals surface area (Å²) >= 11 is 6.32. The molecule has 0 aliphatic carbocycles. The van der Waals surface area contributed by atoms with E-state index in [0.717, 1.165) is 16.7 Å². The molecule has 1 saturated heterocycles. The summed E-state index contributed by atoms with van der Waals surface area (Å²) in [5.41, 5.74) is 2.72. The first-order valence-corrected chi connectivity index (χ1v) is 10.8. The van der Waals surface area contributed by atoms with Crippen molar-refractivity contribution in [1.82, 2.24) is 4.90 Å². The van der Waals surface area contributed by atoms with Gasteiger partial charge < -0.3 is 19.5 Å². The lowest BCUT2D eigenvalue weighted by Gasteiger charge is -2.27. The zero-order valence-corrected chi connectivity index (χ0v) is 19.7. The number of methoxy groups -OCH3 is 1. The number of aliphatic hydroxyl groups is 1. The van der Waals surface area contributed by atoms with Crippen LogP contribution in [0.4, 0.5) is 0 Å². The molecule has 0 bridgehead atoms. The minimum atomic E-state index is -0.754. The van der Waals surface area contributed by atoms with Gasteiger partial charge in [0, 0.05) is 6.54 Å². The van der Waals surface area contributed by atoms with Crippen molar-refractivity contribution >= 4 is 29.1 Å². The molecular formula is C25H28ClNO5. The highest BCUT2D eigenvalue weighted by atomic mass is 35.5. The van der Waals surface area contributed by atoms with Crippen LogP contribution in [0.1, 0.15) is 42.1 Å². The average Bonchev–Trinajstić information content (AvgIpc) is 2.97. The van der Waals surface area contributed by atoms with Gasteiger partial charge in [0.15, 0.2) is 0 Å². The van der Waals surface area contributed by atoms with E-state index in [1.807, 2.05) is 52.0 Å². The van der Waals surface area contributed by atoms with Crippen molar-refractivity contribution in [2.45, 2.75) is 39.8 Å². The molecule has 170 valence electrons. The Morgan fingerprint density at radius 1 is 1.19 bits per heavy atom. The molecule has 1 atom stereocenters. The third-order valence-electron chi connectivity index (χ3n) is 5.45. The Morgan fingerprint density at radius 3 is 2.50 bits per heavy atom. The molecule has 1 aliphatic heterocycles. The first kappa shape index (κ1) is 23.8. The molecule has 0 saturated carbocycles. The van der Waals surface area contributed by atoms with Gasteiger partial charge in [0.25, 0.3) is 11.7 Å². The summed E-state index contributed by atoms with van der Waals surface area (Å²) < 4.78 is 11.0. The highest BCUT2D eigenvalue weighted by Crippen LogP contribution is 2.43. The molecule has 0 aromatic heterocycles. The lowest BCUT2D eigenvalue weighted by atomic mass is 9.92. The van der Waals surface area contributed by atoms with Gasteiger partial charge in [0.1, 0.15) is 11.5 Å². The van der Waals surface area contributed by atoms with Gasteiger partial charge in [-0.25, -0.2) is 0 Å². The van der Waals surface area contributed by atoms with Crippen LogP contribution in [0, 0.1) is 13.8 Å². The molecule has 2 aromatic rings. The normalized spacial score (nSPS) is 18.0. The maximum atomic E-state index is 13.2. The van der Waals surface area contributed by atoms with Crippen LogP contribution in [-0.4, -0.2) is 48.1 Å². The van der Waals surface area contributed by atoms with Crippen LogP contribution in [0.3, 0.4) is 0 Å². The highest BCUT2D eigenvalue weighted by Gasteiger charge is 2.46. The molecular weight excluding hydrogens is 430 g/mol. The van der Waals surface area contributed by atoms with Crippen LogP contribution in [0.5, 0.6) is 5.75 Å². The van der Waals surface area contributed by atoms with Gasteiger partial charge in [-0.2, -0.15) is 0 Å². The number of aryl methyl sites for hydroxylation is 2. The fraction of sp³-hybridized carbons (Fsp3) is 0.360. The first-order valence-electron chi connectivity index (χ1n) is 10.5. The van der Waals surface area contributed by atoms with Crippen molar-refractivity contribution < 1.29 is 24.2 Å². The van der Waals surface area contributed by atoms with Crippen LogP contribution in [0.25, 0.3) is 5.76 Å². The van der Waals surface area contributed by atoms with E-state index < -0.39 is 17.7 Å². The van der Waals surface area contributed by atoms with Crippen LogP contribution in [0.2, 0.25) is 5.02 Å². The minimum absolute atomic E-state index is 0.00816. The smallest absolute Gasteiger partial charge is 0.295 e. The first-order chi connectivity index (χ1) is 15.2. The number of halogens is 1. The van der Waals surface area contributed by atoms with Crippen molar-refractivity contribution in [1.29, 1.82) is 0 Å². The molecule has 0 spiro atoms. The second kappa shape index (κ2) is 9.76. The molecule has 6 nitrogen and oxygen atoms in total. The maximum absolute atomic E-state index is 13.2. The monoisotopic (exact) mass is 457 g/mol. The number of hydrogen-bond acceptors (Lipinski definition) is 5. The zero-order valence-electron chi connectivity index (χ0n) is 18.9. The van der Waals surface area contributed by atoms with E-state index >= 15 is 0 Å². The van der Waals surface area contributed by atoms with E-state index in [0.29, 0.717) is 5.02 Å². The second-order valence-electron chi connectivity index (χ2n) is 8.10. The molecule has 1 amide bonds. The molecule has 7 heteroatoms. The SMILES string of the molecule is COc1c(Cl)cc(C)cc1/C(O)=C1\C(=O)C(=O)N(CCOC(C)C)C1c1ccccc1C. The van der Waals surface area contributed by atoms with Gasteiger partial charge in [-0.3, -0.25) is 9.59 Å². The topological polar surface area (TPSA) is 76.1 Å². The van der Waals surface area contributed by atoms with Crippen molar-refractivity contribution in [3.63, 3.8) is 0 Å².